The summed E-state index contributed by atoms with van der Waals surface area (Å²) >= 11 is 1.87. The summed E-state index contributed by atoms with van der Waals surface area (Å²) < 4.78 is 50.9. The van der Waals surface area contributed by atoms with Gasteiger partial charge in [0.1, 0.15) is 12.8 Å². The van der Waals surface area contributed by atoms with Gasteiger partial charge in [0.15, 0.2) is 0 Å². The average molecular weight is 574 g/mol. The Kier molecular flexibility index (Phi) is 8.55. The number of nitrogens with one attached hydrogen (secondary N) is 3. The molecule has 0 amide bonds. The van der Waals surface area contributed by atoms with E-state index in [1.165, 1.54) is 19.3 Å². The molecule has 8 atom stereocenters. The third-order valence-corrected chi connectivity index (χ3v) is 10.5. The van der Waals surface area contributed by atoms with Gasteiger partial charge >= 0.3 is 6.18 Å². The van der Waals surface area contributed by atoms with Crippen LogP contribution in [0.4, 0.5) is 13.2 Å². The van der Waals surface area contributed by atoms with Crippen LogP contribution in [-0.2, 0) is 0 Å². The van der Waals surface area contributed by atoms with Gasteiger partial charge in [-0.15, -0.1) is 5.10 Å². The first-order chi connectivity index (χ1) is 18.3. The number of fused-ring (bicyclic) bond motifs is 6. The highest BCUT2D eigenvalue weighted by Gasteiger charge is 2.48. The number of aromatic nitrogens is 2. The van der Waals surface area contributed by atoms with Crippen LogP contribution in [0.2, 0.25) is 0 Å². The fourth-order valence-electron chi connectivity index (χ4n) is 6.68. The number of hydrazine groups is 1. The van der Waals surface area contributed by atoms with Gasteiger partial charge in [-0.1, -0.05) is 11.9 Å². The molecule has 4 fully saturated rings. The first kappa shape index (κ1) is 29.4. The van der Waals surface area contributed by atoms with Gasteiger partial charge in [-0.25, -0.2) is 5.01 Å². The molecule has 0 aliphatic carbocycles. The molecule has 4 aliphatic rings. The fourth-order valence-corrected chi connectivity index (χ4v) is 7.70. The summed E-state index contributed by atoms with van der Waals surface area (Å²) in [5, 5.41) is 11.4. The van der Waals surface area contributed by atoms with Crippen LogP contribution >= 0.6 is 11.9 Å². The Morgan fingerprint density at radius 1 is 1.18 bits per heavy atom. The number of alkyl halides is 3. The van der Waals surface area contributed by atoms with Crippen molar-refractivity contribution >= 4 is 11.9 Å². The Bertz CT molecular complexity index is 973. The summed E-state index contributed by atoms with van der Waals surface area (Å²) in [4.78, 5) is 2.68. The number of hydrogen-bond acceptors (Lipinski definition) is 8. The molecule has 0 saturated carbocycles. The van der Waals surface area contributed by atoms with E-state index in [2.05, 4.69) is 51.2 Å². The minimum absolute atomic E-state index is 0.0341. The number of piperidine rings is 1. The van der Waals surface area contributed by atoms with Gasteiger partial charge in [0.2, 0.25) is 5.88 Å². The second-order valence-corrected chi connectivity index (χ2v) is 14.4. The highest BCUT2D eigenvalue weighted by atomic mass is 32.2. The molecule has 5 rings (SSSR count). The molecular formula is C27H46F3N7OS. The monoisotopic (exact) mass is 573 g/mol. The molecule has 3 N–H and O–H groups in total. The second-order valence-electron chi connectivity index (χ2n) is 13.2. The normalized spacial score (nSPS) is 37.7. The number of hydrogen-bond donors (Lipinski definition) is 3. The van der Waals surface area contributed by atoms with E-state index in [-0.39, 0.29) is 23.8 Å². The minimum Gasteiger partial charge on any atom is -0.476 e. The van der Waals surface area contributed by atoms with Gasteiger partial charge in [-0.05, 0) is 72.6 Å². The molecule has 4 bridgehead atoms. The van der Waals surface area contributed by atoms with Crippen molar-refractivity contribution in [2.24, 2.45) is 17.3 Å². The largest absolute Gasteiger partial charge is 0.476 e. The Morgan fingerprint density at radius 2 is 1.97 bits per heavy atom. The average Bonchev–Trinajstić information content (AvgIpc) is 3.55. The maximum Gasteiger partial charge on any atom is 0.397 e. The molecule has 4 saturated heterocycles. The second kappa shape index (κ2) is 11.3. The van der Waals surface area contributed by atoms with E-state index in [4.69, 9.17) is 4.74 Å². The van der Waals surface area contributed by atoms with Crippen molar-refractivity contribution in [3.05, 3.63) is 12.3 Å². The lowest BCUT2D eigenvalue weighted by Crippen LogP contribution is -2.60. The molecule has 0 aromatic carbocycles. The van der Waals surface area contributed by atoms with Crippen LogP contribution in [0.25, 0.3) is 0 Å². The molecule has 8 nitrogen and oxygen atoms in total. The van der Waals surface area contributed by atoms with Crippen molar-refractivity contribution in [2.45, 2.75) is 102 Å². The van der Waals surface area contributed by atoms with E-state index in [0.29, 0.717) is 23.1 Å². The van der Waals surface area contributed by atoms with Crippen molar-refractivity contribution in [1.82, 2.24) is 35.2 Å². The Morgan fingerprint density at radius 3 is 2.74 bits per heavy atom. The van der Waals surface area contributed by atoms with Gasteiger partial charge in [-0.3, -0.25) is 25.0 Å². The first-order valence-corrected chi connectivity index (χ1v) is 15.4. The summed E-state index contributed by atoms with van der Waals surface area (Å²) in [6, 6.07) is 2.17. The van der Waals surface area contributed by atoms with Crippen molar-refractivity contribution in [1.29, 1.82) is 0 Å². The number of halogens is 3. The number of ether oxygens (including phenoxy) is 1. The molecule has 8 unspecified atom stereocenters. The predicted molar refractivity (Wildman–Crippen MR) is 148 cm³/mol. The van der Waals surface area contributed by atoms with Gasteiger partial charge < -0.3 is 4.74 Å². The van der Waals surface area contributed by atoms with E-state index < -0.39 is 18.2 Å². The standard InChI is InChI=1S/C27H46F3N7OS/c1-18-21-15-31-36(18)11-6-7-19-13-26(4,5)35(16-19)24-20(14-32-39-21)8-9-22(33-24)37-12-10-23(34-37)38-17-25(2,3)27(28,29)30/h10,12,18-22,24,31-33H,6-9,11,13-17H2,1-5H3. The SMILES string of the molecule is CC1C2CNN1CCCC1CN(C3NC(n4ccc(OCC(C)(C)C(F)(F)F)n4)CCC3CNS2)C(C)(C)C1. The van der Waals surface area contributed by atoms with E-state index in [1.807, 2.05) is 22.8 Å². The fraction of sp³-hybridized carbons (Fsp3) is 0.889. The highest BCUT2D eigenvalue weighted by molar-refractivity contribution is 7.98. The molecule has 1 aromatic rings. The van der Waals surface area contributed by atoms with Crippen molar-refractivity contribution in [3.63, 3.8) is 0 Å². The quantitative estimate of drug-likeness (QED) is 0.459. The molecule has 5 heterocycles. The molecule has 4 aliphatic heterocycles. The molecule has 0 spiro atoms. The zero-order valence-electron chi connectivity index (χ0n) is 23.9. The van der Waals surface area contributed by atoms with Crippen molar-refractivity contribution in [2.75, 3.05) is 32.8 Å². The maximum atomic E-state index is 13.3. The van der Waals surface area contributed by atoms with Crippen LogP contribution in [0.1, 0.15) is 72.9 Å². The zero-order valence-corrected chi connectivity index (χ0v) is 24.7. The Labute approximate surface area is 235 Å². The summed E-state index contributed by atoms with van der Waals surface area (Å²) in [7, 11) is 0. The number of nitrogens with zero attached hydrogens (tertiary/aromatic N) is 4. The molecule has 0 radical (unpaired) electrons. The molecular weight excluding hydrogens is 527 g/mol. The summed E-state index contributed by atoms with van der Waals surface area (Å²) in [6.07, 6.45) is 3.19. The third kappa shape index (κ3) is 6.40. The molecule has 39 heavy (non-hydrogen) atoms. The lowest BCUT2D eigenvalue weighted by molar-refractivity contribution is -0.219. The van der Waals surface area contributed by atoms with Crippen molar-refractivity contribution in [3.8, 4) is 5.88 Å². The topological polar surface area (TPSA) is 69.6 Å². The molecule has 222 valence electrons. The van der Waals surface area contributed by atoms with Crippen LogP contribution in [0.5, 0.6) is 5.88 Å². The van der Waals surface area contributed by atoms with E-state index in [0.717, 1.165) is 52.9 Å². The Hall–Kier alpha value is -1.05. The summed E-state index contributed by atoms with van der Waals surface area (Å²) in [5.74, 6) is 1.34. The van der Waals surface area contributed by atoms with Crippen LogP contribution in [0, 0.1) is 17.3 Å². The van der Waals surface area contributed by atoms with E-state index in [1.54, 1.807) is 6.07 Å². The van der Waals surface area contributed by atoms with Gasteiger partial charge in [0.05, 0.1) is 11.6 Å². The molecule has 1 aromatic heterocycles. The van der Waals surface area contributed by atoms with Gasteiger partial charge in [0, 0.05) is 61.2 Å². The van der Waals surface area contributed by atoms with Gasteiger partial charge in [0.25, 0.3) is 0 Å². The van der Waals surface area contributed by atoms with Gasteiger partial charge in [-0.2, -0.15) is 13.2 Å². The smallest absolute Gasteiger partial charge is 0.397 e. The zero-order chi connectivity index (χ0) is 28.0. The summed E-state index contributed by atoms with van der Waals surface area (Å²) in [6.45, 7) is 13.0. The predicted octanol–water partition coefficient (Wildman–Crippen LogP) is 4.38. The lowest BCUT2D eigenvalue weighted by Gasteiger charge is -2.47. The van der Waals surface area contributed by atoms with E-state index >= 15 is 0 Å². The van der Waals surface area contributed by atoms with Crippen LogP contribution < -0.4 is 20.2 Å². The first-order valence-electron chi connectivity index (χ1n) is 14.5. The minimum atomic E-state index is -4.33. The van der Waals surface area contributed by atoms with E-state index in [9.17, 15) is 13.2 Å². The van der Waals surface area contributed by atoms with Crippen LogP contribution in [0.3, 0.4) is 0 Å². The highest BCUT2D eigenvalue weighted by Crippen LogP contribution is 2.41. The third-order valence-electron chi connectivity index (χ3n) is 9.35. The maximum absolute atomic E-state index is 13.3. The molecule has 12 heteroatoms. The van der Waals surface area contributed by atoms with Crippen molar-refractivity contribution < 1.29 is 17.9 Å². The summed E-state index contributed by atoms with van der Waals surface area (Å²) in [5.41, 5.74) is 1.76. The van der Waals surface area contributed by atoms with Crippen LogP contribution in [-0.4, -0.2) is 81.6 Å². The number of rotatable bonds is 4. The van der Waals surface area contributed by atoms with Crippen LogP contribution in [0.15, 0.2) is 12.3 Å². The Balaban J connectivity index is 1.29. The lowest BCUT2D eigenvalue weighted by atomic mass is 9.90.